The second-order valence-corrected chi connectivity index (χ2v) is 7.72. The van der Waals surface area contributed by atoms with Gasteiger partial charge in [-0.15, -0.1) is 0 Å². The van der Waals surface area contributed by atoms with Crippen LogP contribution in [0.1, 0.15) is 56.1 Å². The molecule has 1 saturated carbocycles. The number of hydrogen-bond acceptors (Lipinski definition) is 3. The summed E-state index contributed by atoms with van der Waals surface area (Å²) in [4.78, 5) is 4.37. The molecular weight excluding hydrogens is 354 g/mol. The highest BCUT2D eigenvalue weighted by molar-refractivity contribution is 6.31. The summed E-state index contributed by atoms with van der Waals surface area (Å²) >= 11 is 6.06. The monoisotopic (exact) mass is 377 g/mol. The summed E-state index contributed by atoms with van der Waals surface area (Å²) < 4.78 is 0. The molecule has 3 nitrogen and oxygen atoms in total. The first-order valence-electron chi connectivity index (χ1n) is 9.65. The van der Waals surface area contributed by atoms with Crippen molar-refractivity contribution < 1.29 is 0 Å². The lowest BCUT2D eigenvalue weighted by Crippen LogP contribution is -2.05. The highest BCUT2D eigenvalue weighted by Crippen LogP contribution is 2.32. The molecule has 3 aromatic rings. The lowest BCUT2D eigenvalue weighted by molar-refractivity contribution is 0.443. The van der Waals surface area contributed by atoms with E-state index in [1.54, 1.807) is 6.20 Å². The average molecular weight is 378 g/mol. The van der Waals surface area contributed by atoms with Crippen molar-refractivity contribution in [2.24, 2.45) is 5.10 Å². The molecule has 1 heterocycles. The van der Waals surface area contributed by atoms with E-state index in [0.29, 0.717) is 5.02 Å². The fraction of sp³-hybridized carbons (Fsp3) is 0.304. The van der Waals surface area contributed by atoms with Gasteiger partial charge < -0.3 is 0 Å². The zero-order valence-electron chi connectivity index (χ0n) is 15.6. The third-order valence-corrected chi connectivity index (χ3v) is 5.69. The van der Waals surface area contributed by atoms with E-state index >= 15 is 0 Å². The van der Waals surface area contributed by atoms with Gasteiger partial charge in [0.05, 0.1) is 16.9 Å². The molecular formula is C23H24ClN3. The van der Waals surface area contributed by atoms with Crippen LogP contribution in [0.3, 0.4) is 0 Å². The van der Waals surface area contributed by atoms with Crippen molar-refractivity contribution in [3.05, 3.63) is 70.9 Å². The molecule has 2 aromatic carbocycles. The molecule has 0 unspecified atom stereocenters. The summed E-state index contributed by atoms with van der Waals surface area (Å²) in [5.74, 6) is 0.734. The molecule has 0 radical (unpaired) electrons. The predicted octanol–water partition coefficient (Wildman–Crippen LogP) is 6.77. The maximum Gasteiger partial charge on any atom is 0.0738 e. The fourth-order valence-electron chi connectivity index (χ4n) is 3.86. The van der Waals surface area contributed by atoms with Gasteiger partial charge in [0.2, 0.25) is 0 Å². The number of anilines is 1. The highest BCUT2D eigenvalue weighted by Gasteiger charge is 2.15. The van der Waals surface area contributed by atoms with Crippen molar-refractivity contribution in [1.29, 1.82) is 0 Å². The first-order valence-corrected chi connectivity index (χ1v) is 10.0. The third-order valence-electron chi connectivity index (χ3n) is 5.45. The normalized spacial score (nSPS) is 15.9. The summed E-state index contributed by atoms with van der Waals surface area (Å²) in [6, 6.07) is 16.6. The number of nitrogens with one attached hydrogen (secondary N) is 1. The van der Waals surface area contributed by atoms with Gasteiger partial charge in [-0.05, 0) is 61.1 Å². The Labute approximate surface area is 165 Å². The van der Waals surface area contributed by atoms with Gasteiger partial charge in [0.15, 0.2) is 0 Å². The molecule has 4 heteroatoms. The number of aromatic nitrogens is 1. The molecule has 1 aromatic heterocycles. The summed E-state index contributed by atoms with van der Waals surface area (Å²) in [6.45, 7) is 2.03. The first kappa shape index (κ1) is 18.0. The van der Waals surface area contributed by atoms with Gasteiger partial charge in [0.1, 0.15) is 0 Å². The number of pyridine rings is 1. The first-order chi connectivity index (χ1) is 13.2. The van der Waals surface area contributed by atoms with Crippen LogP contribution in [0.4, 0.5) is 5.69 Å². The molecule has 0 amide bonds. The molecule has 1 aliphatic carbocycles. The Morgan fingerprint density at radius 1 is 1.04 bits per heavy atom. The van der Waals surface area contributed by atoms with E-state index in [0.717, 1.165) is 33.8 Å². The van der Waals surface area contributed by atoms with E-state index in [4.69, 9.17) is 11.6 Å². The Bertz CT molecular complexity index is 957. The van der Waals surface area contributed by atoms with Crippen LogP contribution in [-0.4, -0.2) is 10.7 Å². The summed E-state index contributed by atoms with van der Waals surface area (Å²) in [5.41, 5.74) is 8.55. The van der Waals surface area contributed by atoms with Crippen LogP contribution >= 0.6 is 11.6 Å². The highest BCUT2D eigenvalue weighted by atomic mass is 35.5. The average Bonchev–Trinajstić information content (AvgIpc) is 2.72. The molecule has 27 heavy (non-hydrogen) atoms. The molecule has 0 atom stereocenters. The summed E-state index contributed by atoms with van der Waals surface area (Å²) in [5, 5.41) is 6.28. The van der Waals surface area contributed by atoms with Gasteiger partial charge in [-0.1, -0.05) is 55.1 Å². The molecule has 0 saturated heterocycles. The lowest BCUT2D eigenvalue weighted by Gasteiger charge is -2.22. The van der Waals surface area contributed by atoms with Gasteiger partial charge in [-0.25, -0.2) is 0 Å². The Morgan fingerprint density at radius 2 is 1.81 bits per heavy atom. The number of hydrazone groups is 1. The largest absolute Gasteiger partial charge is 0.277 e. The molecule has 138 valence electrons. The van der Waals surface area contributed by atoms with Crippen molar-refractivity contribution in [1.82, 2.24) is 4.98 Å². The van der Waals surface area contributed by atoms with Crippen molar-refractivity contribution in [3.8, 4) is 0 Å². The van der Waals surface area contributed by atoms with Crippen molar-refractivity contribution >= 4 is 33.9 Å². The Kier molecular flexibility index (Phi) is 5.40. The second-order valence-electron chi connectivity index (χ2n) is 7.29. The molecule has 1 N–H and O–H groups in total. The van der Waals surface area contributed by atoms with E-state index in [1.165, 1.54) is 37.7 Å². The van der Waals surface area contributed by atoms with Gasteiger partial charge >= 0.3 is 0 Å². The maximum absolute atomic E-state index is 6.06. The SMILES string of the molecule is C/C(=N/Nc1ccnc2cc(Cl)ccc12)c1ccc(C2CCCCC2)cc1. The van der Waals surface area contributed by atoms with E-state index in [-0.39, 0.29) is 0 Å². The maximum atomic E-state index is 6.06. The zero-order valence-corrected chi connectivity index (χ0v) is 16.3. The Hall–Kier alpha value is -2.39. The lowest BCUT2D eigenvalue weighted by atomic mass is 9.84. The Morgan fingerprint density at radius 3 is 2.59 bits per heavy atom. The van der Waals surface area contributed by atoms with Crippen LogP contribution in [0.15, 0.2) is 59.8 Å². The van der Waals surface area contributed by atoms with Gasteiger partial charge in [0, 0.05) is 16.6 Å². The summed E-state index contributed by atoms with van der Waals surface area (Å²) in [6.07, 6.45) is 8.54. The zero-order chi connectivity index (χ0) is 18.6. The number of hydrogen-bond donors (Lipinski definition) is 1. The van der Waals surface area contributed by atoms with Crippen molar-refractivity contribution in [2.75, 3.05) is 5.43 Å². The van der Waals surface area contributed by atoms with Crippen LogP contribution < -0.4 is 5.43 Å². The van der Waals surface area contributed by atoms with E-state index in [1.807, 2.05) is 31.2 Å². The molecule has 0 spiro atoms. The molecule has 0 aliphatic heterocycles. The van der Waals surface area contributed by atoms with E-state index in [2.05, 4.69) is 39.8 Å². The van der Waals surface area contributed by atoms with Gasteiger partial charge in [0.25, 0.3) is 0 Å². The quantitative estimate of drug-likeness (QED) is 0.402. The standard InChI is InChI=1S/C23H24ClN3/c1-16(17-7-9-19(10-8-17)18-5-3-2-4-6-18)26-27-22-13-14-25-23-15-20(24)11-12-21(22)23/h7-15,18H,2-6H2,1H3,(H,25,27)/b26-16-. The van der Waals surface area contributed by atoms with Crippen molar-refractivity contribution in [3.63, 3.8) is 0 Å². The van der Waals surface area contributed by atoms with Crippen LogP contribution in [0.2, 0.25) is 5.02 Å². The fourth-order valence-corrected chi connectivity index (χ4v) is 4.03. The van der Waals surface area contributed by atoms with Gasteiger partial charge in [-0.2, -0.15) is 5.10 Å². The van der Waals surface area contributed by atoms with E-state index < -0.39 is 0 Å². The molecule has 1 aliphatic rings. The number of rotatable bonds is 4. The number of fused-ring (bicyclic) bond motifs is 1. The Balaban J connectivity index is 1.51. The van der Waals surface area contributed by atoms with E-state index in [9.17, 15) is 0 Å². The number of nitrogens with zero attached hydrogens (tertiary/aromatic N) is 2. The number of benzene rings is 2. The minimum Gasteiger partial charge on any atom is -0.277 e. The third kappa shape index (κ3) is 4.14. The second kappa shape index (κ2) is 8.10. The molecule has 0 bridgehead atoms. The van der Waals surface area contributed by atoms with Crippen molar-refractivity contribution in [2.45, 2.75) is 44.9 Å². The topological polar surface area (TPSA) is 37.3 Å². The van der Waals surface area contributed by atoms with Crippen LogP contribution in [0.25, 0.3) is 10.9 Å². The van der Waals surface area contributed by atoms with Crippen LogP contribution in [-0.2, 0) is 0 Å². The molecule has 1 fully saturated rings. The number of halogens is 1. The smallest absolute Gasteiger partial charge is 0.0738 e. The molecule has 4 rings (SSSR count). The minimum atomic E-state index is 0.685. The predicted molar refractivity (Wildman–Crippen MR) is 115 cm³/mol. The van der Waals surface area contributed by atoms with Crippen LogP contribution in [0, 0.1) is 0 Å². The summed E-state index contributed by atoms with van der Waals surface area (Å²) in [7, 11) is 0. The van der Waals surface area contributed by atoms with Gasteiger partial charge in [-0.3, -0.25) is 10.4 Å². The minimum absolute atomic E-state index is 0.685. The van der Waals surface area contributed by atoms with Crippen LogP contribution in [0.5, 0.6) is 0 Å².